The van der Waals surface area contributed by atoms with Crippen molar-refractivity contribution in [2.24, 2.45) is 0 Å². The first-order valence-electron chi connectivity index (χ1n) is 33.2. The van der Waals surface area contributed by atoms with Crippen LogP contribution in [0.4, 0.5) is 0 Å². The summed E-state index contributed by atoms with van der Waals surface area (Å²) in [6, 6.07) is 0. The Bertz CT molecular complexity index is 1800. The number of phosphoric ester groups is 1. The first-order valence-corrected chi connectivity index (χ1v) is 34.7. The van der Waals surface area contributed by atoms with Crippen molar-refractivity contribution < 1.29 is 42.1 Å². The maximum Gasteiger partial charge on any atom is 0.306 e. The normalized spacial score (nSPS) is 14.0. The molecule has 0 aromatic heterocycles. The number of carbonyl (C=O) groups is 2. The van der Waals surface area contributed by atoms with Crippen LogP contribution < -0.4 is 4.89 Å². The molecule has 0 amide bonds. The minimum atomic E-state index is -4.65. The topological polar surface area (TPSA) is 111 Å². The SMILES string of the molecule is CC/C=C\C/C=C\C/C=C\C/C=C\C/C=C\C/C=C\C/C=C\C/C=C\CCCCCCCCCCCCCCC(=O)OC(COC(=O)CCCCCCCCCCC/C=C\C/C=C\CCCCCCC)COP(=O)([O-])OCC[N+](C)(C)C. The first-order chi connectivity index (χ1) is 40.0. The molecule has 470 valence electrons. The fraction of sp³-hybridized carbons (Fsp3) is 0.694. The van der Waals surface area contributed by atoms with Gasteiger partial charge in [-0.15, -0.1) is 0 Å². The molecule has 10 heteroatoms. The molecule has 0 aliphatic rings. The van der Waals surface area contributed by atoms with E-state index in [1.54, 1.807) is 0 Å². The van der Waals surface area contributed by atoms with Gasteiger partial charge in [-0.25, -0.2) is 0 Å². The van der Waals surface area contributed by atoms with Crippen LogP contribution in [0.25, 0.3) is 0 Å². The Morgan fingerprint density at radius 2 is 0.695 bits per heavy atom. The van der Waals surface area contributed by atoms with Crippen molar-refractivity contribution in [1.82, 2.24) is 0 Å². The predicted molar refractivity (Wildman–Crippen MR) is 351 cm³/mol. The second-order valence-corrected chi connectivity index (χ2v) is 24.5. The summed E-state index contributed by atoms with van der Waals surface area (Å²) in [5, 5.41) is 0. The molecule has 0 aromatic carbocycles. The maximum absolute atomic E-state index is 12.8. The Morgan fingerprint density at radius 1 is 0.390 bits per heavy atom. The van der Waals surface area contributed by atoms with Gasteiger partial charge in [0, 0.05) is 12.8 Å². The highest BCUT2D eigenvalue weighted by molar-refractivity contribution is 7.45. The molecule has 0 bridgehead atoms. The molecule has 0 spiro atoms. The summed E-state index contributed by atoms with van der Waals surface area (Å²) < 4.78 is 34.3. The molecule has 2 unspecified atom stereocenters. The van der Waals surface area contributed by atoms with Crippen LogP contribution in [0.15, 0.2) is 122 Å². The van der Waals surface area contributed by atoms with Gasteiger partial charge in [-0.1, -0.05) is 270 Å². The number of esters is 2. The number of ether oxygens (including phenoxy) is 2. The van der Waals surface area contributed by atoms with E-state index in [1.807, 2.05) is 21.1 Å². The number of hydrogen-bond acceptors (Lipinski definition) is 8. The lowest BCUT2D eigenvalue weighted by molar-refractivity contribution is -0.870. The van der Waals surface area contributed by atoms with Crippen molar-refractivity contribution in [3.05, 3.63) is 122 Å². The lowest BCUT2D eigenvalue weighted by Gasteiger charge is -2.28. The molecule has 0 heterocycles. The van der Waals surface area contributed by atoms with Crippen LogP contribution in [0.5, 0.6) is 0 Å². The second-order valence-electron chi connectivity index (χ2n) is 23.1. The third kappa shape index (κ3) is 65.6. The molecule has 0 aliphatic heterocycles. The third-order valence-electron chi connectivity index (χ3n) is 14.0. The van der Waals surface area contributed by atoms with Crippen LogP contribution in [0, 0.1) is 0 Å². The number of rotatable bonds is 60. The zero-order valence-electron chi connectivity index (χ0n) is 53.4. The molecule has 2 atom stereocenters. The van der Waals surface area contributed by atoms with Crippen molar-refractivity contribution in [3.8, 4) is 0 Å². The number of nitrogens with zero attached hydrogens (tertiary/aromatic N) is 1. The van der Waals surface area contributed by atoms with Gasteiger partial charge in [0.2, 0.25) is 0 Å². The summed E-state index contributed by atoms with van der Waals surface area (Å²) in [5.41, 5.74) is 0. The molecular formula is C72H124NO8P. The molecule has 0 saturated carbocycles. The maximum atomic E-state index is 12.8. The summed E-state index contributed by atoms with van der Waals surface area (Å²) in [5.74, 6) is -0.841. The van der Waals surface area contributed by atoms with Crippen LogP contribution in [-0.2, 0) is 32.7 Å². The quantitative estimate of drug-likeness (QED) is 0.0195. The van der Waals surface area contributed by atoms with E-state index >= 15 is 0 Å². The van der Waals surface area contributed by atoms with Gasteiger partial charge in [0.1, 0.15) is 19.8 Å². The van der Waals surface area contributed by atoms with Gasteiger partial charge in [0.05, 0.1) is 27.7 Å². The smallest absolute Gasteiger partial charge is 0.306 e. The van der Waals surface area contributed by atoms with Crippen LogP contribution in [0.3, 0.4) is 0 Å². The molecule has 9 nitrogen and oxygen atoms in total. The molecule has 82 heavy (non-hydrogen) atoms. The van der Waals surface area contributed by atoms with Crippen molar-refractivity contribution >= 4 is 19.8 Å². The number of carbonyl (C=O) groups excluding carboxylic acids is 2. The monoisotopic (exact) mass is 1160 g/mol. The minimum absolute atomic E-state index is 0.0365. The Labute approximate surface area is 505 Å². The number of phosphoric acid groups is 1. The van der Waals surface area contributed by atoms with Crippen molar-refractivity contribution in [3.63, 3.8) is 0 Å². The van der Waals surface area contributed by atoms with Crippen molar-refractivity contribution in [2.75, 3.05) is 47.5 Å². The van der Waals surface area contributed by atoms with Crippen molar-refractivity contribution in [2.45, 2.75) is 277 Å². The van der Waals surface area contributed by atoms with Crippen LogP contribution in [0.1, 0.15) is 271 Å². The average molecular weight is 1160 g/mol. The zero-order valence-corrected chi connectivity index (χ0v) is 54.3. The van der Waals surface area contributed by atoms with Crippen molar-refractivity contribution in [1.29, 1.82) is 0 Å². The summed E-state index contributed by atoms with van der Waals surface area (Å²) in [7, 11) is 1.15. The lowest BCUT2D eigenvalue weighted by atomic mass is 10.0. The number of quaternary nitrogens is 1. The summed E-state index contributed by atoms with van der Waals surface area (Å²) >= 11 is 0. The van der Waals surface area contributed by atoms with E-state index in [9.17, 15) is 19.0 Å². The highest BCUT2D eigenvalue weighted by Gasteiger charge is 2.22. The molecule has 0 aliphatic carbocycles. The summed E-state index contributed by atoms with van der Waals surface area (Å²) in [6.07, 6.45) is 88.3. The summed E-state index contributed by atoms with van der Waals surface area (Å²) in [4.78, 5) is 38.0. The van der Waals surface area contributed by atoms with Gasteiger partial charge in [-0.2, -0.15) is 0 Å². The average Bonchev–Trinajstić information content (AvgIpc) is 3.46. The van der Waals surface area contributed by atoms with E-state index in [0.717, 1.165) is 109 Å². The van der Waals surface area contributed by atoms with Crippen LogP contribution in [-0.4, -0.2) is 70.0 Å². The van der Waals surface area contributed by atoms with Gasteiger partial charge in [-0.3, -0.25) is 14.2 Å². The zero-order chi connectivity index (χ0) is 59.8. The highest BCUT2D eigenvalue weighted by atomic mass is 31.2. The molecule has 0 fully saturated rings. The largest absolute Gasteiger partial charge is 0.756 e. The molecular weight excluding hydrogens is 1040 g/mol. The molecule has 0 saturated heterocycles. The van der Waals surface area contributed by atoms with Gasteiger partial charge < -0.3 is 27.9 Å². The fourth-order valence-electron chi connectivity index (χ4n) is 8.88. The standard InChI is InChI=1S/C72H124NO8P/c1-6-8-10-12-14-16-18-20-22-24-26-28-29-30-31-32-33-34-35-36-37-38-39-40-41-42-43-45-47-49-51-53-55-57-59-61-63-65-72(75)81-70(69-80-82(76,77)79-67-66-73(3,4)5)68-78-71(74)64-62-60-58-56-54-52-50-48-46-44-27-25-23-21-19-17-15-13-11-9-7-2/h8,10,14,16,19-22,25-28,30-31,33-34,36-37,39-40,70H,6-7,9,11-13,15,17-18,23-24,29,32,35,38,41-69H2,1-5H3/b10-8-,16-14-,21-19-,22-20-,27-25-,28-26-,31-30-,34-33-,37-36-,40-39-. The Morgan fingerprint density at radius 3 is 1.04 bits per heavy atom. The number of unbranched alkanes of at least 4 members (excludes halogenated alkanes) is 26. The van der Waals surface area contributed by atoms with E-state index in [1.165, 1.54) is 128 Å². The van der Waals surface area contributed by atoms with Gasteiger partial charge in [0.15, 0.2) is 6.10 Å². The lowest BCUT2D eigenvalue weighted by Crippen LogP contribution is -2.37. The minimum Gasteiger partial charge on any atom is -0.756 e. The third-order valence-corrected chi connectivity index (χ3v) is 14.9. The van der Waals surface area contributed by atoms with E-state index in [2.05, 4.69) is 135 Å². The highest BCUT2D eigenvalue weighted by Crippen LogP contribution is 2.38. The Balaban J connectivity index is 4.10. The fourth-order valence-corrected chi connectivity index (χ4v) is 9.61. The van der Waals surface area contributed by atoms with Gasteiger partial charge in [0.25, 0.3) is 7.82 Å². The number of allylic oxidation sites excluding steroid dienone is 20. The van der Waals surface area contributed by atoms with Gasteiger partial charge in [-0.05, 0) is 109 Å². The predicted octanol–water partition coefficient (Wildman–Crippen LogP) is 20.9. The molecule has 0 rings (SSSR count). The molecule has 0 radical (unpaired) electrons. The van der Waals surface area contributed by atoms with Crippen LogP contribution in [0.2, 0.25) is 0 Å². The van der Waals surface area contributed by atoms with E-state index in [0.29, 0.717) is 17.4 Å². The van der Waals surface area contributed by atoms with Gasteiger partial charge >= 0.3 is 11.9 Å². The van der Waals surface area contributed by atoms with E-state index in [-0.39, 0.29) is 32.0 Å². The first kappa shape index (κ1) is 78.4. The van der Waals surface area contributed by atoms with E-state index < -0.39 is 26.5 Å². The van der Waals surface area contributed by atoms with E-state index in [4.69, 9.17) is 18.5 Å². The number of hydrogen-bond donors (Lipinski definition) is 0. The second kappa shape index (κ2) is 62.0. The Kier molecular flexibility index (Phi) is 59.2. The summed E-state index contributed by atoms with van der Waals surface area (Å²) in [6.45, 7) is 4.12. The Hall–Kier alpha value is -3.59. The molecule has 0 aromatic rings. The number of likely N-dealkylation sites (N-methyl/N-ethyl adjacent to an activating group) is 1. The van der Waals surface area contributed by atoms with Crippen LogP contribution >= 0.6 is 7.82 Å². The molecule has 0 N–H and O–H groups in total.